The Labute approximate surface area is 112 Å². The van der Waals surface area contributed by atoms with Crippen LogP contribution in [-0.4, -0.2) is 21.0 Å². The number of nitrogens with zero attached hydrogens (tertiary/aromatic N) is 2. The molecule has 1 aromatic carbocycles. The SMILES string of the molecule is Cc1nc(CCC(=O)O)c2cccc(C(F)(F)F)c2n1. The highest BCUT2D eigenvalue weighted by molar-refractivity contribution is 5.84. The minimum Gasteiger partial charge on any atom is -0.481 e. The first-order valence-electron chi connectivity index (χ1n) is 5.84. The Hall–Kier alpha value is -2.18. The summed E-state index contributed by atoms with van der Waals surface area (Å²) in [7, 11) is 0. The average molecular weight is 284 g/mol. The molecule has 0 atom stereocenters. The molecule has 0 spiro atoms. The average Bonchev–Trinajstić information content (AvgIpc) is 2.33. The van der Waals surface area contributed by atoms with Crippen LogP contribution in [0, 0.1) is 6.92 Å². The molecule has 106 valence electrons. The molecule has 1 aromatic heterocycles. The van der Waals surface area contributed by atoms with Crippen molar-refractivity contribution in [3.05, 3.63) is 35.3 Å². The standard InChI is InChI=1S/C13H11F3N2O2/c1-7-17-10(5-6-11(19)20)8-3-2-4-9(12(8)18-7)13(14,15)16/h2-4H,5-6H2,1H3,(H,19,20). The zero-order valence-corrected chi connectivity index (χ0v) is 10.5. The van der Waals surface area contributed by atoms with Crippen molar-refractivity contribution in [1.29, 1.82) is 0 Å². The van der Waals surface area contributed by atoms with E-state index in [1.54, 1.807) is 0 Å². The van der Waals surface area contributed by atoms with Gasteiger partial charge in [-0.2, -0.15) is 13.2 Å². The van der Waals surface area contributed by atoms with Crippen LogP contribution in [0.1, 0.15) is 23.5 Å². The van der Waals surface area contributed by atoms with Crippen LogP contribution in [0.3, 0.4) is 0 Å². The molecule has 2 rings (SSSR count). The van der Waals surface area contributed by atoms with Crippen molar-refractivity contribution in [2.75, 3.05) is 0 Å². The van der Waals surface area contributed by atoms with Gasteiger partial charge in [0.25, 0.3) is 0 Å². The molecule has 0 aliphatic heterocycles. The molecule has 0 amide bonds. The van der Waals surface area contributed by atoms with Gasteiger partial charge < -0.3 is 5.11 Å². The topological polar surface area (TPSA) is 63.1 Å². The number of rotatable bonds is 3. The Balaban J connectivity index is 2.63. The van der Waals surface area contributed by atoms with Crippen LogP contribution in [0.5, 0.6) is 0 Å². The Morgan fingerprint density at radius 1 is 1.30 bits per heavy atom. The molecule has 2 aromatic rings. The lowest BCUT2D eigenvalue weighted by Gasteiger charge is -2.12. The molecular formula is C13H11F3N2O2. The molecule has 1 N–H and O–H groups in total. The smallest absolute Gasteiger partial charge is 0.418 e. The Bertz CT molecular complexity index is 668. The highest BCUT2D eigenvalue weighted by Crippen LogP contribution is 2.34. The number of halogens is 3. The number of benzene rings is 1. The van der Waals surface area contributed by atoms with Crippen LogP contribution >= 0.6 is 0 Å². The third-order valence-corrected chi connectivity index (χ3v) is 2.80. The molecule has 4 nitrogen and oxygen atoms in total. The molecule has 0 saturated carbocycles. The fourth-order valence-corrected chi connectivity index (χ4v) is 1.98. The van der Waals surface area contributed by atoms with E-state index in [9.17, 15) is 18.0 Å². The molecule has 0 unspecified atom stereocenters. The van der Waals surface area contributed by atoms with E-state index in [1.165, 1.54) is 19.1 Å². The number of fused-ring (bicyclic) bond motifs is 1. The summed E-state index contributed by atoms with van der Waals surface area (Å²) in [6.07, 6.45) is -4.64. The molecule has 0 saturated heterocycles. The number of hydrogen-bond donors (Lipinski definition) is 1. The number of aryl methyl sites for hydroxylation is 2. The maximum absolute atomic E-state index is 12.9. The van der Waals surface area contributed by atoms with Crippen molar-refractivity contribution in [2.24, 2.45) is 0 Å². The van der Waals surface area contributed by atoms with Crippen LogP contribution in [0.25, 0.3) is 10.9 Å². The molecule has 0 bridgehead atoms. The summed E-state index contributed by atoms with van der Waals surface area (Å²) in [5, 5.41) is 8.92. The van der Waals surface area contributed by atoms with Gasteiger partial charge in [-0.05, 0) is 13.0 Å². The molecule has 20 heavy (non-hydrogen) atoms. The van der Waals surface area contributed by atoms with E-state index in [0.29, 0.717) is 5.69 Å². The van der Waals surface area contributed by atoms with Crippen molar-refractivity contribution in [3.63, 3.8) is 0 Å². The minimum absolute atomic E-state index is 0.0660. The zero-order valence-electron chi connectivity index (χ0n) is 10.5. The summed E-state index contributed by atoms with van der Waals surface area (Å²) in [4.78, 5) is 18.5. The molecule has 0 fully saturated rings. The Morgan fingerprint density at radius 3 is 2.60 bits per heavy atom. The maximum Gasteiger partial charge on any atom is 0.418 e. The summed E-state index contributed by atoms with van der Waals surface area (Å²) in [5.41, 5.74) is -0.703. The first-order chi connectivity index (χ1) is 9.29. The number of aromatic nitrogens is 2. The molecular weight excluding hydrogens is 273 g/mol. The van der Waals surface area contributed by atoms with Gasteiger partial charge >= 0.3 is 12.1 Å². The van der Waals surface area contributed by atoms with E-state index in [2.05, 4.69) is 9.97 Å². The number of carboxylic acids is 1. The second-order valence-electron chi connectivity index (χ2n) is 4.31. The van der Waals surface area contributed by atoms with Gasteiger partial charge in [0.2, 0.25) is 0 Å². The predicted octanol–water partition coefficient (Wildman–Crippen LogP) is 2.97. The van der Waals surface area contributed by atoms with E-state index >= 15 is 0 Å². The summed E-state index contributed by atoms with van der Waals surface area (Å²) >= 11 is 0. The van der Waals surface area contributed by atoms with Gasteiger partial charge in [-0.3, -0.25) is 4.79 Å². The first-order valence-corrected chi connectivity index (χ1v) is 5.84. The molecule has 0 aliphatic carbocycles. The summed E-state index contributed by atoms with van der Waals surface area (Å²) in [6.45, 7) is 1.48. The lowest BCUT2D eigenvalue weighted by molar-refractivity contribution is -0.137. The van der Waals surface area contributed by atoms with Crippen molar-refractivity contribution in [1.82, 2.24) is 9.97 Å². The highest BCUT2D eigenvalue weighted by atomic mass is 19.4. The molecule has 0 radical (unpaired) electrons. The minimum atomic E-state index is -4.51. The number of para-hydroxylation sites is 1. The van der Waals surface area contributed by atoms with E-state index in [-0.39, 0.29) is 29.6 Å². The predicted molar refractivity (Wildman–Crippen MR) is 65.2 cm³/mol. The van der Waals surface area contributed by atoms with Crippen molar-refractivity contribution >= 4 is 16.9 Å². The third kappa shape index (κ3) is 2.87. The van der Waals surface area contributed by atoms with Crippen LogP contribution in [0.2, 0.25) is 0 Å². The molecule has 1 heterocycles. The van der Waals surface area contributed by atoms with Crippen LogP contribution < -0.4 is 0 Å². The number of hydrogen-bond acceptors (Lipinski definition) is 3. The van der Waals surface area contributed by atoms with Crippen LogP contribution in [-0.2, 0) is 17.4 Å². The quantitative estimate of drug-likeness (QED) is 0.941. The van der Waals surface area contributed by atoms with Gasteiger partial charge in [-0.25, -0.2) is 9.97 Å². The fourth-order valence-electron chi connectivity index (χ4n) is 1.98. The van der Waals surface area contributed by atoms with E-state index in [1.807, 2.05) is 0 Å². The van der Waals surface area contributed by atoms with Gasteiger partial charge in [0, 0.05) is 11.8 Å². The number of carbonyl (C=O) groups is 1. The van der Waals surface area contributed by atoms with Crippen molar-refractivity contribution < 1.29 is 23.1 Å². The van der Waals surface area contributed by atoms with Gasteiger partial charge in [0.1, 0.15) is 5.82 Å². The van der Waals surface area contributed by atoms with Crippen LogP contribution in [0.4, 0.5) is 13.2 Å². The lowest BCUT2D eigenvalue weighted by atomic mass is 10.1. The van der Waals surface area contributed by atoms with Crippen molar-refractivity contribution in [2.45, 2.75) is 25.9 Å². The first kappa shape index (κ1) is 14.2. The Kier molecular flexibility index (Phi) is 3.61. The van der Waals surface area contributed by atoms with E-state index in [0.717, 1.165) is 6.07 Å². The second-order valence-corrected chi connectivity index (χ2v) is 4.31. The van der Waals surface area contributed by atoms with Gasteiger partial charge in [-0.15, -0.1) is 0 Å². The summed E-state index contributed by atoms with van der Waals surface area (Å²) in [6, 6.07) is 3.70. The number of carboxylic acid groups (broad SMARTS) is 1. The van der Waals surface area contributed by atoms with Gasteiger partial charge in [-0.1, -0.05) is 12.1 Å². The molecule has 7 heteroatoms. The van der Waals surface area contributed by atoms with Crippen LogP contribution in [0.15, 0.2) is 18.2 Å². The second kappa shape index (κ2) is 5.07. The number of aliphatic carboxylic acids is 1. The van der Waals surface area contributed by atoms with E-state index in [4.69, 9.17) is 5.11 Å². The van der Waals surface area contributed by atoms with Gasteiger partial charge in [0.05, 0.1) is 23.2 Å². The maximum atomic E-state index is 12.9. The summed E-state index contributed by atoms with van der Waals surface area (Å²) in [5.74, 6) is -0.837. The highest BCUT2D eigenvalue weighted by Gasteiger charge is 2.33. The lowest BCUT2D eigenvalue weighted by Crippen LogP contribution is -2.09. The van der Waals surface area contributed by atoms with Crippen molar-refractivity contribution in [3.8, 4) is 0 Å². The largest absolute Gasteiger partial charge is 0.481 e. The normalized spacial score (nSPS) is 11.8. The fraction of sp³-hybridized carbons (Fsp3) is 0.308. The third-order valence-electron chi connectivity index (χ3n) is 2.80. The Morgan fingerprint density at radius 2 is 2.00 bits per heavy atom. The molecule has 0 aliphatic rings. The zero-order chi connectivity index (χ0) is 14.9. The van der Waals surface area contributed by atoms with Gasteiger partial charge in [0.15, 0.2) is 0 Å². The summed E-state index contributed by atoms with van der Waals surface area (Å²) < 4.78 is 38.8. The van der Waals surface area contributed by atoms with E-state index < -0.39 is 17.7 Å². The number of alkyl halides is 3. The monoisotopic (exact) mass is 284 g/mol.